The lowest BCUT2D eigenvalue weighted by Gasteiger charge is -2.15. The summed E-state index contributed by atoms with van der Waals surface area (Å²) in [6.07, 6.45) is 1.94. The van der Waals surface area contributed by atoms with Crippen LogP contribution in [0.15, 0.2) is 30.5 Å². The van der Waals surface area contributed by atoms with Crippen molar-refractivity contribution in [2.45, 2.75) is 26.4 Å². The minimum atomic E-state index is 0.296. The van der Waals surface area contributed by atoms with E-state index in [1.54, 1.807) is 0 Å². The summed E-state index contributed by atoms with van der Waals surface area (Å²) < 4.78 is 0. The summed E-state index contributed by atoms with van der Waals surface area (Å²) in [7, 11) is 0. The summed E-state index contributed by atoms with van der Waals surface area (Å²) in [6, 6.07) is 8.81. The Hall–Kier alpha value is -1.65. The number of nitrogens with two attached hydrogens (primary N) is 1. The Kier molecular flexibility index (Phi) is 3.59. The molecule has 1 aromatic heterocycles. The van der Waals surface area contributed by atoms with Crippen LogP contribution in [-0.2, 0) is 6.54 Å². The molecule has 0 radical (unpaired) electrons. The number of likely N-dealkylation sites (tertiary alicyclic amines) is 1. The first-order chi connectivity index (χ1) is 9.63. The summed E-state index contributed by atoms with van der Waals surface area (Å²) in [5, 5.41) is 7.36. The van der Waals surface area contributed by atoms with E-state index in [-0.39, 0.29) is 0 Å². The largest absolute Gasteiger partial charge is 0.326 e. The van der Waals surface area contributed by atoms with E-state index in [9.17, 15) is 0 Å². The molecule has 1 fully saturated rings. The van der Waals surface area contributed by atoms with Crippen LogP contribution in [0, 0.1) is 12.8 Å². The second kappa shape index (κ2) is 5.38. The highest BCUT2D eigenvalue weighted by molar-refractivity contribution is 5.63. The second-order valence-electron chi connectivity index (χ2n) is 5.97. The molecule has 2 unspecified atom stereocenters. The summed E-state index contributed by atoms with van der Waals surface area (Å²) >= 11 is 0. The van der Waals surface area contributed by atoms with Crippen molar-refractivity contribution in [1.82, 2.24) is 15.1 Å². The number of aromatic nitrogens is 2. The first-order valence-corrected chi connectivity index (χ1v) is 7.20. The summed E-state index contributed by atoms with van der Waals surface area (Å²) in [5.74, 6) is 0.573. The molecule has 1 aliphatic heterocycles. The summed E-state index contributed by atoms with van der Waals surface area (Å²) in [5.41, 5.74) is 10.9. The molecule has 0 amide bonds. The first-order valence-electron chi connectivity index (χ1n) is 7.20. The zero-order chi connectivity index (χ0) is 14.1. The molecule has 0 bridgehead atoms. The zero-order valence-electron chi connectivity index (χ0n) is 12.1. The molecule has 0 spiro atoms. The van der Waals surface area contributed by atoms with Crippen LogP contribution in [0.1, 0.15) is 18.1 Å². The normalized spacial score (nSPS) is 23.4. The lowest BCUT2D eigenvalue weighted by atomic mass is 10.1. The van der Waals surface area contributed by atoms with Gasteiger partial charge in [0.1, 0.15) is 0 Å². The standard InChI is InChI=1S/C16H22N4/c1-11-4-3-5-13(6-11)16-14(7-18-19-16)9-20-8-12(2)15(17)10-20/h3-7,12,15H,8-10,17H2,1-2H3,(H,18,19). The van der Waals surface area contributed by atoms with Gasteiger partial charge in [-0.1, -0.05) is 30.7 Å². The Labute approximate surface area is 120 Å². The second-order valence-corrected chi connectivity index (χ2v) is 5.97. The highest BCUT2D eigenvalue weighted by atomic mass is 15.2. The number of nitrogens with one attached hydrogen (secondary N) is 1. The van der Waals surface area contributed by atoms with E-state index in [0.29, 0.717) is 12.0 Å². The molecule has 1 aliphatic rings. The van der Waals surface area contributed by atoms with Gasteiger partial charge in [-0.05, 0) is 18.9 Å². The number of benzene rings is 1. The smallest absolute Gasteiger partial charge is 0.0695 e. The van der Waals surface area contributed by atoms with Crippen LogP contribution in [0.3, 0.4) is 0 Å². The van der Waals surface area contributed by atoms with Crippen LogP contribution >= 0.6 is 0 Å². The van der Waals surface area contributed by atoms with E-state index in [4.69, 9.17) is 5.73 Å². The number of hydrogen-bond acceptors (Lipinski definition) is 3. The van der Waals surface area contributed by atoms with Gasteiger partial charge in [-0.3, -0.25) is 10.00 Å². The van der Waals surface area contributed by atoms with Crippen LogP contribution < -0.4 is 5.73 Å². The topological polar surface area (TPSA) is 57.9 Å². The molecule has 3 rings (SSSR count). The van der Waals surface area contributed by atoms with Gasteiger partial charge in [0.05, 0.1) is 11.9 Å². The van der Waals surface area contributed by atoms with Gasteiger partial charge in [0, 0.05) is 36.8 Å². The quantitative estimate of drug-likeness (QED) is 0.898. The molecule has 20 heavy (non-hydrogen) atoms. The fourth-order valence-electron chi connectivity index (χ4n) is 2.95. The van der Waals surface area contributed by atoms with E-state index < -0.39 is 0 Å². The molecule has 3 N–H and O–H groups in total. The third-order valence-electron chi connectivity index (χ3n) is 4.16. The molecule has 106 valence electrons. The Bertz CT molecular complexity index is 580. The highest BCUT2D eigenvalue weighted by Gasteiger charge is 2.27. The molecule has 4 nitrogen and oxygen atoms in total. The fourth-order valence-corrected chi connectivity index (χ4v) is 2.95. The number of rotatable bonds is 3. The molecular formula is C16H22N4. The number of H-pyrrole nitrogens is 1. The van der Waals surface area contributed by atoms with E-state index in [1.165, 1.54) is 16.7 Å². The molecule has 1 saturated heterocycles. The van der Waals surface area contributed by atoms with E-state index >= 15 is 0 Å². The molecule has 2 atom stereocenters. The minimum Gasteiger partial charge on any atom is -0.326 e. The molecular weight excluding hydrogens is 248 g/mol. The number of aromatic amines is 1. The van der Waals surface area contributed by atoms with E-state index in [0.717, 1.165) is 25.3 Å². The maximum Gasteiger partial charge on any atom is 0.0695 e. The van der Waals surface area contributed by atoms with Crippen LogP contribution in [0.4, 0.5) is 0 Å². The monoisotopic (exact) mass is 270 g/mol. The van der Waals surface area contributed by atoms with Gasteiger partial charge >= 0.3 is 0 Å². The zero-order valence-corrected chi connectivity index (χ0v) is 12.1. The SMILES string of the molecule is Cc1cccc(-c2[nH]ncc2CN2CC(C)C(N)C2)c1. The van der Waals surface area contributed by atoms with Gasteiger partial charge in [-0.15, -0.1) is 0 Å². The van der Waals surface area contributed by atoms with Gasteiger partial charge in [-0.25, -0.2) is 0 Å². The van der Waals surface area contributed by atoms with Gasteiger partial charge in [0.2, 0.25) is 0 Å². The van der Waals surface area contributed by atoms with Crippen molar-refractivity contribution >= 4 is 0 Å². The Morgan fingerprint density at radius 3 is 2.95 bits per heavy atom. The molecule has 2 aromatic rings. The highest BCUT2D eigenvalue weighted by Crippen LogP contribution is 2.25. The molecule has 2 heterocycles. The molecule has 0 saturated carbocycles. The molecule has 1 aromatic carbocycles. The van der Waals surface area contributed by atoms with Gasteiger partial charge in [0.25, 0.3) is 0 Å². The van der Waals surface area contributed by atoms with Crippen molar-refractivity contribution in [3.05, 3.63) is 41.6 Å². The fraction of sp³-hybridized carbons (Fsp3) is 0.438. The Balaban J connectivity index is 1.81. The van der Waals surface area contributed by atoms with Crippen molar-refractivity contribution in [2.24, 2.45) is 11.7 Å². The number of hydrogen-bond donors (Lipinski definition) is 2. The van der Waals surface area contributed by atoms with Crippen molar-refractivity contribution < 1.29 is 0 Å². The lowest BCUT2D eigenvalue weighted by Crippen LogP contribution is -2.28. The van der Waals surface area contributed by atoms with E-state index in [1.807, 2.05) is 6.20 Å². The Morgan fingerprint density at radius 1 is 1.40 bits per heavy atom. The van der Waals surface area contributed by atoms with Crippen molar-refractivity contribution in [2.75, 3.05) is 13.1 Å². The third kappa shape index (κ3) is 2.62. The van der Waals surface area contributed by atoms with Gasteiger partial charge < -0.3 is 5.73 Å². The van der Waals surface area contributed by atoms with E-state index in [2.05, 4.69) is 53.2 Å². The minimum absolute atomic E-state index is 0.296. The third-order valence-corrected chi connectivity index (χ3v) is 4.16. The first kappa shape index (κ1) is 13.3. The molecule has 4 heteroatoms. The predicted molar refractivity (Wildman–Crippen MR) is 81.2 cm³/mol. The van der Waals surface area contributed by atoms with Gasteiger partial charge in [0.15, 0.2) is 0 Å². The Morgan fingerprint density at radius 2 is 2.25 bits per heavy atom. The number of aryl methyl sites for hydroxylation is 1. The predicted octanol–water partition coefficient (Wildman–Crippen LogP) is 2.16. The number of nitrogens with zero attached hydrogens (tertiary/aromatic N) is 2. The van der Waals surface area contributed by atoms with Crippen LogP contribution in [0.2, 0.25) is 0 Å². The summed E-state index contributed by atoms with van der Waals surface area (Å²) in [4.78, 5) is 2.42. The lowest BCUT2D eigenvalue weighted by molar-refractivity contribution is 0.319. The van der Waals surface area contributed by atoms with Crippen molar-refractivity contribution in [3.63, 3.8) is 0 Å². The van der Waals surface area contributed by atoms with Crippen LogP contribution in [0.5, 0.6) is 0 Å². The van der Waals surface area contributed by atoms with Crippen LogP contribution in [-0.4, -0.2) is 34.2 Å². The van der Waals surface area contributed by atoms with Crippen molar-refractivity contribution in [3.8, 4) is 11.3 Å². The maximum atomic E-state index is 6.10. The average molecular weight is 270 g/mol. The van der Waals surface area contributed by atoms with Crippen molar-refractivity contribution in [1.29, 1.82) is 0 Å². The summed E-state index contributed by atoms with van der Waals surface area (Å²) in [6.45, 7) is 7.29. The van der Waals surface area contributed by atoms with Gasteiger partial charge in [-0.2, -0.15) is 5.10 Å². The average Bonchev–Trinajstić information content (AvgIpc) is 2.98. The maximum absolute atomic E-state index is 6.10. The molecule has 0 aliphatic carbocycles. The van der Waals surface area contributed by atoms with Crippen LogP contribution in [0.25, 0.3) is 11.3 Å².